The van der Waals surface area contributed by atoms with Gasteiger partial charge in [0, 0.05) is 22.2 Å². The highest BCUT2D eigenvalue weighted by atomic mass is 35.5. The van der Waals surface area contributed by atoms with E-state index in [2.05, 4.69) is 17.1 Å². The van der Waals surface area contributed by atoms with Gasteiger partial charge in [-0.3, -0.25) is 0 Å². The third-order valence-electron chi connectivity index (χ3n) is 4.72. The summed E-state index contributed by atoms with van der Waals surface area (Å²) in [5.74, 6) is 1.57. The molecule has 140 valence electrons. The first kappa shape index (κ1) is 19.2. The summed E-state index contributed by atoms with van der Waals surface area (Å²) >= 11 is 6.09. The third kappa shape index (κ3) is 4.06. The van der Waals surface area contributed by atoms with Gasteiger partial charge in [0.25, 0.3) is 0 Å². The lowest BCUT2D eigenvalue weighted by Gasteiger charge is -2.19. The van der Waals surface area contributed by atoms with Crippen molar-refractivity contribution in [1.82, 2.24) is 0 Å². The lowest BCUT2D eigenvalue weighted by molar-refractivity contribution is 0.354. The van der Waals surface area contributed by atoms with E-state index in [0.717, 1.165) is 34.5 Å². The first-order valence-corrected chi connectivity index (χ1v) is 9.27. The minimum absolute atomic E-state index is 0.181. The van der Waals surface area contributed by atoms with Gasteiger partial charge < -0.3 is 9.47 Å². The molecular weight excluding hydrogens is 360 g/mol. The molecule has 0 saturated carbocycles. The van der Waals surface area contributed by atoms with E-state index < -0.39 is 0 Å². The zero-order valence-corrected chi connectivity index (χ0v) is 16.7. The number of fused-ring (bicyclic) bond motifs is 1. The molecule has 1 unspecified atom stereocenters. The molecule has 3 rings (SSSR count). The number of nitrogens with zero attached hydrogens (tertiary/aromatic N) is 2. The SMILES string of the molecule is CCC1C(C)=NN=C(C=Cc2cccc(Cl)c2)c2cc(OC)c(OC)cc21. The number of methoxy groups -OCH3 is 2. The Labute approximate surface area is 165 Å². The number of hydrogen-bond donors (Lipinski definition) is 0. The van der Waals surface area contributed by atoms with Gasteiger partial charge in [-0.2, -0.15) is 10.2 Å². The van der Waals surface area contributed by atoms with Crippen LogP contribution in [-0.4, -0.2) is 25.6 Å². The van der Waals surface area contributed by atoms with Crippen LogP contribution in [0.1, 0.15) is 42.9 Å². The molecule has 0 bridgehead atoms. The van der Waals surface area contributed by atoms with Crippen LogP contribution in [0.15, 0.2) is 52.7 Å². The van der Waals surface area contributed by atoms with Crippen LogP contribution in [0.5, 0.6) is 11.5 Å². The lowest BCUT2D eigenvalue weighted by atomic mass is 9.87. The van der Waals surface area contributed by atoms with Gasteiger partial charge in [-0.25, -0.2) is 0 Å². The summed E-state index contributed by atoms with van der Waals surface area (Å²) in [7, 11) is 3.29. The van der Waals surface area contributed by atoms with Crippen molar-refractivity contribution >= 4 is 29.1 Å². The van der Waals surface area contributed by atoms with Gasteiger partial charge >= 0.3 is 0 Å². The van der Waals surface area contributed by atoms with E-state index in [1.807, 2.05) is 55.5 Å². The van der Waals surface area contributed by atoms with Crippen LogP contribution in [0, 0.1) is 0 Å². The van der Waals surface area contributed by atoms with Crippen molar-refractivity contribution in [2.75, 3.05) is 14.2 Å². The zero-order valence-electron chi connectivity index (χ0n) is 16.0. The molecule has 0 aliphatic carbocycles. The van der Waals surface area contributed by atoms with Gasteiger partial charge in [0.2, 0.25) is 0 Å². The second-order valence-corrected chi connectivity index (χ2v) is 6.81. The fourth-order valence-corrected chi connectivity index (χ4v) is 3.51. The van der Waals surface area contributed by atoms with Crippen LogP contribution in [0.25, 0.3) is 6.08 Å². The second-order valence-electron chi connectivity index (χ2n) is 6.37. The first-order valence-electron chi connectivity index (χ1n) is 8.89. The Bertz CT molecular complexity index is 932. The number of halogens is 1. The number of hydrogen-bond acceptors (Lipinski definition) is 4. The largest absolute Gasteiger partial charge is 0.493 e. The van der Waals surface area contributed by atoms with E-state index in [4.69, 9.17) is 21.1 Å². The van der Waals surface area contributed by atoms with Gasteiger partial charge in [0.15, 0.2) is 11.5 Å². The normalized spacial score (nSPS) is 16.4. The highest BCUT2D eigenvalue weighted by Crippen LogP contribution is 2.37. The lowest BCUT2D eigenvalue weighted by Crippen LogP contribution is -2.11. The van der Waals surface area contributed by atoms with E-state index in [1.54, 1.807) is 14.2 Å². The Morgan fingerprint density at radius 3 is 2.44 bits per heavy atom. The highest BCUT2D eigenvalue weighted by Gasteiger charge is 2.24. The van der Waals surface area contributed by atoms with E-state index in [1.165, 1.54) is 0 Å². The second kappa shape index (κ2) is 8.40. The van der Waals surface area contributed by atoms with Crippen molar-refractivity contribution in [2.45, 2.75) is 26.2 Å². The van der Waals surface area contributed by atoms with Crippen molar-refractivity contribution in [3.63, 3.8) is 0 Å². The standard InChI is InChI=1S/C22H23ClN2O2/c1-5-17-14(2)24-25-20(10-9-15-7-6-8-16(23)11-15)19-13-22(27-4)21(26-3)12-18(17)19/h6-13,17H,5H2,1-4H3. The number of ether oxygens (including phenoxy) is 2. The molecular formula is C22H23ClN2O2. The molecule has 0 radical (unpaired) electrons. The maximum absolute atomic E-state index is 6.09. The fourth-order valence-electron chi connectivity index (χ4n) is 3.31. The maximum Gasteiger partial charge on any atom is 0.161 e. The smallest absolute Gasteiger partial charge is 0.161 e. The predicted octanol–water partition coefficient (Wildman–Crippen LogP) is 5.74. The molecule has 1 aliphatic heterocycles. The number of rotatable bonds is 5. The van der Waals surface area contributed by atoms with E-state index in [0.29, 0.717) is 16.5 Å². The Hall–Kier alpha value is -2.59. The maximum atomic E-state index is 6.09. The molecule has 0 spiro atoms. The number of benzene rings is 2. The summed E-state index contributed by atoms with van der Waals surface area (Å²) in [6, 6.07) is 11.7. The average Bonchev–Trinajstić information content (AvgIpc) is 2.80. The summed E-state index contributed by atoms with van der Waals surface area (Å²) in [6.45, 7) is 4.17. The summed E-state index contributed by atoms with van der Waals surface area (Å²) < 4.78 is 11.0. The van der Waals surface area contributed by atoms with Crippen molar-refractivity contribution in [3.05, 3.63) is 64.2 Å². The molecule has 0 fully saturated rings. The van der Waals surface area contributed by atoms with Gasteiger partial charge in [-0.15, -0.1) is 0 Å². The summed E-state index contributed by atoms with van der Waals surface area (Å²) in [5.41, 5.74) is 4.91. The monoisotopic (exact) mass is 382 g/mol. The minimum Gasteiger partial charge on any atom is -0.493 e. The third-order valence-corrected chi connectivity index (χ3v) is 4.95. The summed E-state index contributed by atoms with van der Waals surface area (Å²) in [4.78, 5) is 0. The van der Waals surface area contributed by atoms with Crippen molar-refractivity contribution in [1.29, 1.82) is 0 Å². The van der Waals surface area contributed by atoms with E-state index in [-0.39, 0.29) is 5.92 Å². The molecule has 27 heavy (non-hydrogen) atoms. The van der Waals surface area contributed by atoms with Crippen LogP contribution in [-0.2, 0) is 0 Å². The molecule has 0 N–H and O–H groups in total. The van der Waals surface area contributed by atoms with Gasteiger partial charge in [0.1, 0.15) is 0 Å². The minimum atomic E-state index is 0.181. The molecule has 2 aromatic rings. The molecule has 0 aromatic heterocycles. The van der Waals surface area contributed by atoms with Gasteiger partial charge in [-0.1, -0.05) is 36.7 Å². The Morgan fingerprint density at radius 1 is 1.04 bits per heavy atom. The molecule has 4 nitrogen and oxygen atoms in total. The Kier molecular flexibility index (Phi) is 5.97. The average molecular weight is 383 g/mol. The van der Waals surface area contributed by atoms with Crippen molar-refractivity contribution in [2.24, 2.45) is 10.2 Å². The molecule has 5 heteroatoms. The number of allylic oxidation sites excluding steroid dienone is 1. The quantitative estimate of drug-likeness (QED) is 0.661. The van der Waals surface area contributed by atoms with Crippen LogP contribution >= 0.6 is 11.6 Å². The van der Waals surface area contributed by atoms with Crippen molar-refractivity contribution in [3.8, 4) is 11.5 Å². The first-order chi connectivity index (χ1) is 13.1. The van der Waals surface area contributed by atoms with Crippen LogP contribution in [0.2, 0.25) is 5.02 Å². The molecule has 1 atom stereocenters. The molecule has 0 saturated heterocycles. The molecule has 1 heterocycles. The van der Waals surface area contributed by atoms with E-state index in [9.17, 15) is 0 Å². The van der Waals surface area contributed by atoms with Crippen LogP contribution in [0.3, 0.4) is 0 Å². The fraction of sp³-hybridized carbons (Fsp3) is 0.273. The van der Waals surface area contributed by atoms with Crippen molar-refractivity contribution < 1.29 is 9.47 Å². The summed E-state index contributed by atoms with van der Waals surface area (Å²) in [5, 5.41) is 9.66. The zero-order chi connectivity index (χ0) is 19.4. The Morgan fingerprint density at radius 2 is 1.78 bits per heavy atom. The molecule has 2 aromatic carbocycles. The topological polar surface area (TPSA) is 43.2 Å². The Balaban J connectivity index is 2.12. The van der Waals surface area contributed by atoms with E-state index >= 15 is 0 Å². The van der Waals surface area contributed by atoms with Crippen LogP contribution < -0.4 is 9.47 Å². The van der Waals surface area contributed by atoms with Crippen LogP contribution in [0.4, 0.5) is 0 Å². The molecule has 1 aliphatic rings. The van der Waals surface area contributed by atoms with Gasteiger partial charge in [-0.05, 0) is 54.8 Å². The summed E-state index contributed by atoms with van der Waals surface area (Å²) in [6.07, 6.45) is 4.88. The molecule has 0 amide bonds. The highest BCUT2D eigenvalue weighted by molar-refractivity contribution is 6.30. The predicted molar refractivity (Wildman–Crippen MR) is 113 cm³/mol. The van der Waals surface area contributed by atoms with Gasteiger partial charge in [0.05, 0.1) is 19.9 Å².